The molecule has 0 saturated carbocycles. The number of likely N-dealkylation sites (N-methyl/N-ethyl adjacent to an activating group) is 1. The molecule has 1 nitrogen and oxygen atoms in total. The Kier molecular flexibility index (Phi) is 5.00. The van der Waals surface area contributed by atoms with Crippen molar-refractivity contribution in [3.8, 4) is 0 Å². The van der Waals surface area contributed by atoms with Crippen molar-refractivity contribution in [3.63, 3.8) is 0 Å². The zero-order valence-electron chi connectivity index (χ0n) is 11.2. The minimum absolute atomic E-state index is 0.175. The van der Waals surface area contributed by atoms with Crippen LogP contribution in [0, 0.1) is 5.82 Å². The average Bonchev–Trinajstić information content (AvgIpc) is 2.45. The van der Waals surface area contributed by atoms with Crippen molar-refractivity contribution in [2.24, 2.45) is 0 Å². The summed E-state index contributed by atoms with van der Waals surface area (Å²) in [6, 6.07) is 15.4. The lowest BCUT2D eigenvalue weighted by Crippen LogP contribution is -2.19. The number of hydrogen-bond acceptors (Lipinski definition) is 2. The Morgan fingerprint density at radius 2 is 1.95 bits per heavy atom. The lowest BCUT2D eigenvalue weighted by Gasteiger charge is -2.19. The Morgan fingerprint density at radius 3 is 2.63 bits per heavy atom. The molecule has 1 atom stereocenters. The maximum atomic E-state index is 13.2. The Labute approximate surface area is 118 Å². The fraction of sp³-hybridized carbons (Fsp3) is 0.250. The molecule has 0 saturated heterocycles. The highest BCUT2D eigenvalue weighted by Crippen LogP contribution is 2.27. The number of nitrogens with one attached hydrogen (secondary N) is 1. The Hall–Kier alpha value is -1.32. The minimum Gasteiger partial charge on any atom is -0.313 e. The summed E-state index contributed by atoms with van der Waals surface area (Å²) >= 11 is 1.74. The lowest BCUT2D eigenvalue weighted by molar-refractivity contribution is 0.576. The standard InChI is InChI=1S/C16H18FNS/c1-18-15(11-12-6-5-7-13(17)10-12)14-8-3-4-9-16(14)19-2/h3-10,15,18H,11H2,1-2H3. The first-order chi connectivity index (χ1) is 9.24. The lowest BCUT2D eigenvalue weighted by atomic mass is 9.99. The molecule has 0 heterocycles. The highest BCUT2D eigenvalue weighted by molar-refractivity contribution is 7.98. The molecule has 19 heavy (non-hydrogen) atoms. The van der Waals surface area contributed by atoms with E-state index in [4.69, 9.17) is 0 Å². The van der Waals surface area contributed by atoms with Crippen LogP contribution in [0.4, 0.5) is 4.39 Å². The quantitative estimate of drug-likeness (QED) is 0.826. The van der Waals surface area contributed by atoms with Crippen LogP contribution in [0.2, 0.25) is 0 Å². The molecule has 2 rings (SSSR count). The summed E-state index contributed by atoms with van der Waals surface area (Å²) in [5, 5.41) is 3.33. The third-order valence-electron chi connectivity index (χ3n) is 3.19. The van der Waals surface area contributed by atoms with Crippen molar-refractivity contribution >= 4 is 11.8 Å². The van der Waals surface area contributed by atoms with Crippen LogP contribution >= 0.6 is 11.8 Å². The maximum Gasteiger partial charge on any atom is 0.123 e. The van der Waals surface area contributed by atoms with E-state index < -0.39 is 0 Å². The van der Waals surface area contributed by atoms with Gasteiger partial charge < -0.3 is 5.32 Å². The molecule has 100 valence electrons. The van der Waals surface area contributed by atoms with E-state index in [1.807, 2.05) is 25.2 Å². The van der Waals surface area contributed by atoms with Crippen LogP contribution in [0.5, 0.6) is 0 Å². The number of thioether (sulfide) groups is 1. The molecule has 0 fully saturated rings. The van der Waals surface area contributed by atoms with Crippen LogP contribution in [-0.4, -0.2) is 13.3 Å². The largest absolute Gasteiger partial charge is 0.313 e. The summed E-state index contributed by atoms with van der Waals surface area (Å²) in [7, 11) is 1.95. The van der Waals surface area contributed by atoms with Gasteiger partial charge in [-0.3, -0.25) is 0 Å². The normalized spacial score (nSPS) is 12.4. The fourth-order valence-corrected chi connectivity index (χ4v) is 2.88. The molecule has 2 aromatic carbocycles. The van der Waals surface area contributed by atoms with Gasteiger partial charge in [0, 0.05) is 10.9 Å². The minimum atomic E-state index is -0.175. The van der Waals surface area contributed by atoms with Gasteiger partial charge in [0.05, 0.1) is 0 Å². The van der Waals surface area contributed by atoms with Crippen LogP contribution in [0.1, 0.15) is 17.2 Å². The molecule has 1 unspecified atom stereocenters. The molecule has 1 N–H and O–H groups in total. The smallest absolute Gasteiger partial charge is 0.123 e. The third kappa shape index (κ3) is 3.58. The zero-order valence-corrected chi connectivity index (χ0v) is 12.0. The first-order valence-corrected chi connectivity index (χ1v) is 7.51. The maximum absolute atomic E-state index is 13.2. The predicted molar refractivity (Wildman–Crippen MR) is 80.1 cm³/mol. The van der Waals surface area contributed by atoms with E-state index in [1.165, 1.54) is 16.5 Å². The second-order valence-corrected chi connectivity index (χ2v) is 5.27. The monoisotopic (exact) mass is 275 g/mol. The molecule has 0 amide bonds. The summed E-state index contributed by atoms with van der Waals surface area (Å²) < 4.78 is 13.2. The molecule has 0 spiro atoms. The molecule has 0 radical (unpaired) electrons. The molecule has 0 bridgehead atoms. The average molecular weight is 275 g/mol. The number of hydrogen-bond donors (Lipinski definition) is 1. The molecule has 0 aromatic heterocycles. The number of halogens is 1. The van der Waals surface area contributed by atoms with Gasteiger partial charge in [-0.25, -0.2) is 4.39 Å². The zero-order chi connectivity index (χ0) is 13.7. The molecule has 0 aliphatic carbocycles. The second-order valence-electron chi connectivity index (χ2n) is 4.42. The van der Waals surface area contributed by atoms with Gasteiger partial charge in [-0.2, -0.15) is 0 Å². The molecule has 3 heteroatoms. The fourth-order valence-electron chi connectivity index (χ4n) is 2.22. The van der Waals surface area contributed by atoms with Crippen LogP contribution in [0.3, 0.4) is 0 Å². The summed E-state index contributed by atoms with van der Waals surface area (Å²) in [6.45, 7) is 0. The third-order valence-corrected chi connectivity index (χ3v) is 4.00. The van der Waals surface area contributed by atoms with Gasteiger partial charge in [0.25, 0.3) is 0 Å². The van der Waals surface area contributed by atoms with E-state index in [1.54, 1.807) is 23.9 Å². The van der Waals surface area contributed by atoms with Crippen LogP contribution < -0.4 is 5.32 Å². The molecule has 2 aromatic rings. The second kappa shape index (κ2) is 6.73. The van der Waals surface area contributed by atoms with Crippen molar-refractivity contribution in [2.75, 3.05) is 13.3 Å². The summed E-state index contributed by atoms with van der Waals surface area (Å²) in [5.74, 6) is -0.175. The molecular weight excluding hydrogens is 257 g/mol. The van der Waals surface area contributed by atoms with Crippen LogP contribution in [0.25, 0.3) is 0 Å². The van der Waals surface area contributed by atoms with Gasteiger partial charge in [-0.15, -0.1) is 11.8 Å². The Balaban J connectivity index is 2.25. The first kappa shape index (κ1) is 14.1. The van der Waals surface area contributed by atoms with Crippen molar-refractivity contribution in [1.82, 2.24) is 5.32 Å². The number of rotatable bonds is 5. The highest BCUT2D eigenvalue weighted by atomic mass is 32.2. The van der Waals surface area contributed by atoms with Gasteiger partial charge in [0.1, 0.15) is 5.82 Å². The SMILES string of the molecule is CNC(Cc1cccc(F)c1)c1ccccc1SC. The van der Waals surface area contributed by atoms with Crippen molar-refractivity contribution in [1.29, 1.82) is 0 Å². The summed E-state index contributed by atoms with van der Waals surface area (Å²) in [6.07, 6.45) is 2.86. The van der Waals surface area contributed by atoms with Gasteiger partial charge in [-0.05, 0) is 49.1 Å². The van der Waals surface area contributed by atoms with Crippen LogP contribution in [-0.2, 0) is 6.42 Å². The Morgan fingerprint density at radius 1 is 1.16 bits per heavy atom. The van der Waals surface area contributed by atoms with E-state index in [-0.39, 0.29) is 11.9 Å². The molecular formula is C16H18FNS. The highest BCUT2D eigenvalue weighted by Gasteiger charge is 2.13. The van der Waals surface area contributed by atoms with E-state index in [0.29, 0.717) is 0 Å². The number of benzene rings is 2. The van der Waals surface area contributed by atoms with E-state index in [2.05, 4.69) is 23.7 Å². The first-order valence-electron chi connectivity index (χ1n) is 6.29. The van der Waals surface area contributed by atoms with Gasteiger partial charge in [-0.1, -0.05) is 30.3 Å². The predicted octanol–water partition coefficient (Wildman–Crippen LogP) is 4.05. The van der Waals surface area contributed by atoms with E-state index >= 15 is 0 Å². The van der Waals surface area contributed by atoms with Gasteiger partial charge in [0.15, 0.2) is 0 Å². The van der Waals surface area contributed by atoms with Crippen molar-refractivity contribution < 1.29 is 4.39 Å². The van der Waals surface area contributed by atoms with Gasteiger partial charge in [0.2, 0.25) is 0 Å². The molecule has 0 aliphatic heterocycles. The summed E-state index contributed by atoms with van der Waals surface area (Å²) in [4.78, 5) is 1.26. The molecule has 0 aliphatic rings. The van der Waals surface area contributed by atoms with Crippen molar-refractivity contribution in [3.05, 3.63) is 65.5 Å². The van der Waals surface area contributed by atoms with Gasteiger partial charge >= 0.3 is 0 Å². The Bertz CT molecular complexity index is 542. The topological polar surface area (TPSA) is 12.0 Å². The van der Waals surface area contributed by atoms with Crippen molar-refractivity contribution in [2.45, 2.75) is 17.4 Å². The van der Waals surface area contributed by atoms with E-state index in [9.17, 15) is 4.39 Å². The van der Waals surface area contributed by atoms with E-state index in [0.717, 1.165) is 12.0 Å². The summed E-state index contributed by atoms with van der Waals surface area (Å²) in [5.41, 5.74) is 2.28. The van der Waals surface area contributed by atoms with Crippen LogP contribution in [0.15, 0.2) is 53.4 Å².